The molecule has 1 aromatic carbocycles. The first-order chi connectivity index (χ1) is 12.8. The van der Waals surface area contributed by atoms with E-state index in [0.717, 1.165) is 29.1 Å². The van der Waals surface area contributed by atoms with Crippen molar-refractivity contribution in [3.8, 4) is 5.75 Å². The van der Waals surface area contributed by atoms with Gasteiger partial charge in [-0.25, -0.2) is 4.79 Å². The Morgan fingerprint density at radius 1 is 1.30 bits per heavy atom. The van der Waals surface area contributed by atoms with Crippen LogP contribution in [0.3, 0.4) is 0 Å². The smallest absolute Gasteiger partial charge is 0.325 e. The third-order valence-electron chi connectivity index (χ3n) is 5.67. The van der Waals surface area contributed by atoms with Gasteiger partial charge in [0.05, 0.1) is 13.2 Å². The first-order valence-electron chi connectivity index (χ1n) is 9.42. The largest absolute Gasteiger partial charge is 0.497 e. The van der Waals surface area contributed by atoms with E-state index in [4.69, 9.17) is 4.74 Å². The van der Waals surface area contributed by atoms with E-state index in [0.29, 0.717) is 18.8 Å². The van der Waals surface area contributed by atoms with Crippen molar-refractivity contribution < 1.29 is 19.1 Å². The van der Waals surface area contributed by atoms with E-state index >= 15 is 0 Å². The lowest BCUT2D eigenvalue weighted by Gasteiger charge is -2.33. The van der Waals surface area contributed by atoms with Crippen LogP contribution < -0.4 is 15.4 Å². The molecular weight excluding hydrogens is 346 g/mol. The maximum atomic E-state index is 12.8. The summed E-state index contributed by atoms with van der Waals surface area (Å²) in [4.78, 5) is 38.6. The number of hydrogen-bond donors (Lipinski definition) is 2. The normalized spacial score (nSPS) is 26.0. The molecule has 2 aliphatic rings. The Morgan fingerprint density at radius 2 is 1.93 bits per heavy atom. The first kappa shape index (κ1) is 19.2. The van der Waals surface area contributed by atoms with Gasteiger partial charge in [0.1, 0.15) is 17.8 Å². The number of methoxy groups -OCH3 is 1. The highest BCUT2D eigenvalue weighted by Gasteiger charge is 2.52. The van der Waals surface area contributed by atoms with Crippen molar-refractivity contribution in [3.05, 3.63) is 29.8 Å². The number of carbonyl (C=O) groups is 3. The second kappa shape index (κ2) is 7.58. The Kier molecular flexibility index (Phi) is 5.39. The third kappa shape index (κ3) is 3.91. The number of hydrogen-bond acceptors (Lipinski definition) is 4. The van der Waals surface area contributed by atoms with Crippen LogP contribution in [0.4, 0.5) is 4.79 Å². The average molecular weight is 373 g/mol. The fourth-order valence-corrected chi connectivity index (χ4v) is 3.82. The van der Waals surface area contributed by atoms with E-state index in [-0.39, 0.29) is 24.4 Å². The number of ether oxygens (including phenoxy) is 1. The van der Waals surface area contributed by atoms with Crippen molar-refractivity contribution >= 4 is 17.8 Å². The molecule has 7 nitrogen and oxygen atoms in total. The standard InChI is InChI=1S/C20H27N3O4/c1-13-8-10-20(11-9-13)18(25)23(19(26)22-20)12-17(24)21-14(2)15-4-6-16(27-3)7-5-15/h4-7,13-14H,8-12H2,1-3H3,(H,21,24)(H,22,26). The lowest BCUT2D eigenvalue weighted by Crippen LogP contribution is -2.50. The lowest BCUT2D eigenvalue weighted by molar-refractivity contribution is -0.136. The Hall–Kier alpha value is -2.57. The monoisotopic (exact) mass is 373 g/mol. The number of nitrogens with zero attached hydrogens (tertiary/aromatic N) is 1. The summed E-state index contributed by atoms with van der Waals surface area (Å²) in [6.07, 6.45) is 3.08. The zero-order valence-electron chi connectivity index (χ0n) is 16.1. The molecular formula is C20H27N3O4. The van der Waals surface area contributed by atoms with E-state index in [1.165, 1.54) is 0 Å². The van der Waals surface area contributed by atoms with Crippen LogP contribution in [0.15, 0.2) is 24.3 Å². The molecule has 146 valence electrons. The molecule has 7 heteroatoms. The molecule has 0 aromatic heterocycles. The van der Waals surface area contributed by atoms with Crippen LogP contribution in [0.5, 0.6) is 5.75 Å². The molecule has 4 amide bonds. The van der Waals surface area contributed by atoms with Crippen molar-refractivity contribution in [2.45, 2.75) is 51.1 Å². The minimum absolute atomic E-state index is 0.242. The van der Waals surface area contributed by atoms with E-state index in [2.05, 4.69) is 17.6 Å². The molecule has 1 heterocycles. The van der Waals surface area contributed by atoms with Crippen molar-refractivity contribution in [1.82, 2.24) is 15.5 Å². The highest BCUT2D eigenvalue weighted by Crippen LogP contribution is 2.36. The summed E-state index contributed by atoms with van der Waals surface area (Å²) in [5.41, 5.74) is 0.102. The molecule has 1 unspecified atom stereocenters. The van der Waals surface area contributed by atoms with Crippen LogP contribution >= 0.6 is 0 Å². The molecule has 1 saturated carbocycles. The average Bonchev–Trinajstić information content (AvgIpc) is 2.88. The zero-order valence-corrected chi connectivity index (χ0v) is 16.1. The van der Waals surface area contributed by atoms with Gasteiger partial charge in [0.25, 0.3) is 5.91 Å². The van der Waals surface area contributed by atoms with Crippen LogP contribution in [0.1, 0.15) is 51.1 Å². The summed E-state index contributed by atoms with van der Waals surface area (Å²) in [6, 6.07) is 6.67. The third-order valence-corrected chi connectivity index (χ3v) is 5.67. The lowest BCUT2D eigenvalue weighted by atomic mass is 9.77. The Morgan fingerprint density at radius 3 is 2.52 bits per heavy atom. The fourth-order valence-electron chi connectivity index (χ4n) is 3.82. The van der Waals surface area contributed by atoms with Crippen molar-refractivity contribution in [1.29, 1.82) is 0 Å². The number of rotatable bonds is 5. The minimum Gasteiger partial charge on any atom is -0.497 e. The van der Waals surface area contributed by atoms with Crippen LogP contribution in [0, 0.1) is 5.92 Å². The number of benzene rings is 1. The second-order valence-electron chi connectivity index (χ2n) is 7.65. The highest BCUT2D eigenvalue weighted by atomic mass is 16.5. The van der Waals surface area contributed by atoms with Crippen molar-refractivity contribution in [3.63, 3.8) is 0 Å². The topological polar surface area (TPSA) is 87.7 Å². The molecule has 1 aliphatic heterocycles. The SMILES string of the molecule is COc1ccc(C(C)NC(=O)CN2C(=O)NC3(CCC(C)CC3)C2=O)cc1. The molecule has 3 rings (SSSR count). The molecule has 1 aliphatic carbocycles. The zero-order chi connectivity index (χ0) is 19.6. The number of amides is 4. The summed E-state index contributed by atoms with van der Waals surface area (Å²) in [7, 11) is 1.60. The fraction of sp³-hybridized carbons (Fsp3) is 0.550. The van der Waals surface area contributed by atoms with Crippen LogP contribution in [-0.2, 0) is 9.59 Å². The van der Waals surface area contributed by atoms with Crippen molar-refractivity contribution in [2.24, 2.45) is 5.92 Å². The van der Waals surface area contributed by atoms with Crippen molar-refractivity contribution in [2.75, 3.05) is 13.7 Å². The van der Waals surface area contributed by atoms with E-state index < -0.39 is 11.6 Å². The van der Waals surface area contributed by atoms with Crippen LogP contribution in [0.25, 0.3) is 0 Å². The maximum Gasteiger partial charge on any atom is 0.325 e. The van der Waals surface area contributed by atoms with Gasteiger partial charge in [0.2, 0.25) is 5.91 Å². The van der Waals surface area contributed by atoms with Crippen LogP contribution in [-0.4, -0.2) is 41.9 Å². The van der Waals surface area contributed by atoms with Gasteiger partial charge < -0.3 is 15.4 Å². The molecule has 1 spiro atoms. The summed E-state index contributed by atoms with van der Waals surface area (Å²) in [5.74, 6) is 0.668. The number of imide groups is 1. The molecule has 27 heavy (non-hydrogen) atoms. The number of urea groups is 1. The highest BCUT2D eigenvalue weighted by molar-refractivity contribution is 6.09. The Balaban J connectivity index is 1.60. The van der Waals surface area contributed by atoms with E-state index in [1.807, 2.05) is 31.2 Å². The minimum atomic E-state index is -0.814. The summed E-state index contributed by atoms with van der Waals surface area (Å²) >= 11 is 0. The molecule has 2 fully saturated rings. The molecule has 0 radical (unpaired) electrons. The number of carbonyl (C=O) groups excluding carboxylic acids is 3. The number of nitrogens with one attached hydrogen (secondary N) is 2. The second-order valence-corrected chi connectivity index (χ2v) is 7.65. The van der Waals surface area contributed by atoms with Gasteiger partial charge in [-0.3, -0.25) is 14.5 Å². The molecule has 1 aromatic rings. The predicted molar refractivity (Wildman–Crippen MR) is 100 cm³/mol. The van der Waals surface area contributed by atoms with Gasteiger partial charge in [-0.05, 0) is 56.2 Å². The van der Waals surface area contributed by atoms with Gasteiger partial charge >= 0.3 is 6.03 Å². The van der Waals surface area contributed by atoms with Gasteiger partial charge in [-0.2, -0.15) is 0 Å². The Labute approximate surface area is 159 Å². The molecule has 0 bridgehead atoms. The maximum absolute atomic E-state index is 12.8. The molecule has 1 atom stereocenters. The summed E-state index contributed by atoms with van der Waals surface area (Å²) in [6.45, 7) is 3.75. The predicted octanol–water partition coefficient (Wildman–Crippen LogP) is 2.37. The summed E-state index contributed by atoms with van der Waals surface area (Å²) < 4.78 is 5.13. The molecule has 2 N–H and O–H groups in total. The van der Waals surface area contributed by atoms with Gasteiger partial charge in [0, 0.05) is 0 Å². The quantitative estimate of drug-likeness (QED) is 0.776. The summed E-state index contributed by atoms with van der Waals surface area (Å²) in [5, 5.41) is 5.68. The van der Waals surface area contributed by atoms with E-state index in [9.17, 15) is 14.4 Å². The van der Waals surface area contributed by atoms with Gasteiger partial charge in [0.15, 0.2) is 0 Å². The first-order valence-corrected chi connectivity index (χ1v) is 9.42. The van der Waals surface area contributed by atoms with E-state index in [1.54, 1.807) is 7.11 Å². The Bertz CT molecular complexity index is 723. The molecule has 1 saturated heterocycles. The van der Waals surface area contributed by atoms with Crippen LogP contribution in [0.2, 0.25) is 0 Å². The van der Waals surface area contributed by atoms with Gasteiger partial charge in [-0.1, -0.05) is 19.1 Å². The van der Waals surface area contributed by atoms with Gasteiger partial charge in [-0.15, -0.1) is 0 Å².